The first-order chi connectivity index (χ1) is 18.5. The van der Waals surface area contributed by atoms with Crippen molar-refractivity contribution >= 4 is 46.2 Å². The summed E-state index contributed by atoms with van der Waals surface area (Å²) in [6, 6.07) is 11.2. The van der Waals surface area contributed by atoms with Crippen LogP contribution in [0.1, 0.15) is 0 Å². The van der Waals surface area contributed by atoms with Crippen LogP contribution in [0, 0.1) is 0 Å². The third-order valence-corrected chi connectivity index (χ3v) is 6.21. The van der Waals surface area contributed by atoms with Crippen LogP contribution in [0.3, 0.4) is 0 Å². The Morgan fingerprint density at radius 1 is 0.737 bits per heavy atom. The molecule has 0 aliphatic carbocycles. The quantitative estimate of drug-likeness (QED) is 0.130. The van der Waals surface area contributed by atoms with Crippen LogP contribution in [0.2, 0.25) is 0 Å². The summed E-state index contributed by atoms with van der Waals surface area (Å²) in [6.07, 6.45) is 5.03. The SMILES string of the molecule is C=CC(=O)OC(COCCSC)COc1ccc(OCC(COCCSC)OC(=O)C=C)c2ccccc12. The van der Waals surface area contributed by atoms with Gasteiger partial charge in [-0.05, 0) is 24.6 Å². The van der Waals surface area contributed by atoms with E-state index in [1.807, 2.05) is 36.8 Å². The molecular weight excluding hydrogens is 528 g/mol. The maximum atomic E-state index is 11.8. The lowest BCUT2D eigenvalue weighted by Gasteiger charge is -2.20. The third-order valence-electron chi connectivity index (χ3n) is 5.06. The smallest absolute Gasteiger partial charge is 0.330 e. The van der Waals surface area contributed by atoms with E-state index in [2.05, 4.69) is 13.2 Å². The van der Waals surface area contributed by atoms with Crippen molar-refractivity contribution in [1.82, 2.24) is 0 Å². The molecule has 2 aromatic carbocycles. The molecule has 0 spiro atoms. The van der Waals surface area contributed by atoms with Crippen molar-refractivity contribution in [1.29, 1.82) is 0 Å². The number of fused-ring (bicyclic) bond motifs is 1. The van der Waals surface area contributed by atoms with Crippen molar-refractivity contribution in [3.63, 3.8) is 0 Å². The summed E-state index contributed by atoms with van der Waals surface area (Å²) in [7, 11) is 0. The number of benzene rings is 2. The van der Waals surface area contributed by atoms with E-state index >= 15 is 0 Å². The van der Waals surface area contributed by atoms with Crippen LogP contribution in [0.15, 0.2) is 61.7 Å². The van der Waals surface area contributed by atoms with Crippen LogP contribution in [0.25, 0.3) is 10.8 Å². The Kier molecular flexibility index (Phi) is 15.4. The van der Waals surface area contributed by atoms with Gasteiger partial charge >= 0.3 is 11.9 Å². The average Bonchev–Trinajstić information content (AvgIpc) is 2.94. The Morgan fingerprint density at radius 2 is 1.16 bits per heavy atom. The van der Waals surface area contributed by atoms with Crippen LogP contribution in [0.5, 0.6) is 11.5 Å². The maximum absolute atomic E-state index is 11.8. The lowest BCUT2D eigenvalue weighted by Crippen LogP contribution is -2.30. The van der Waals surface area contributed by atoms with Crippen molar-refractivity contribution in [3.05, 3.63) is 61.7 Å². The predicted octanol–water partition coefficient (Wildman–Crippen LogP) is 4.55. The second-order valence-corrected chi connectivity index (χ2v) is 9.86. The van der Waals surface area contributed by atoms with Gasteiger partial charge in [0.1, 0.15) is 24.7 Å². The molecule has 2 rings (SSSR count). The third kappa shape index (κ3) is 11.4. The Bertz CT molecular complexity index is 949. The molecule has 208 valence electrons. The lowest BCUT2D eigenvalue weighted by molar-refractivity contribution is -0.148. The van der Waals surface area contributed by atoms with E-state index in [4.69, 9.17) is 28.4 Å². The van der Waals surface area contributed by atoms with Gasteiger partial charge in [-0.3, -0.25) is 0 Å². The molecule has 0 bridgehead atoms. The van der Waals surface area contributed by atoms with E-state index in [1.165, 1.54) is 0 Å². The van der Waals surface area contributed by atoms with Gasteiger partial charge in [-0.25, -0.2) is 9.59 Å². The first-order valence-corrected chi connectivity index (χ1v) is 14.9. The molecule has 2 atom stereocenters. The van der Waals surface area contributed by atoms with Crippen LogP contribution in [-0.4, -0.2) is 87.8 Å². The highest BCUT2D eigenvalue weighted by molar-refractivity contribution is 7.98. The van der Waals surface area contributed by atoms with Gasteiger partial charge in [0.2, 0.25) is 0 Å². The molecule has 0 saturated carbocycles. The number of carbonyl (C=O) groups excluding carboxylic acids is 2. The molecule has 0 saturated heterocycles. The Morgan fingerprint density at radius 3 is 1.53 bits per heavy atom. The molecular formula is C28H36O8S2. The minimum atomic E-state index is -0.594. The van der Waals surface area contributed by atoms with Gasteiger partial charge in [0.15, 0.2) is 12.2 Å². The predicted molar refractivity (Wildman–Crippen MR) is 153 cm³/mol. The van der Waals surface area contributed by atoms with Crippen LogP contribution in [0.4, 0.5) is 0 Å². The zero-order chi connectivity index (χ0) is 27.6. The number of esters is 2. The standard InChI is InChI=1S/C28H36O8S2/c1-5-27(29)35-21(17-31-13-15-37-3)19-33-25-11-12-26(24-10-8-7-9-23(24)25)34-20-22(36-28(30)6-2)18-32-14-16-38-4/h5-12,21-22H,1-2,13-20H2,3-4H3. The summed E-state index contributed by atoms with van der Waals surface area (Å²) >= 11 is 3.34. The highest BCUT2D eigenvalue weighted by Gasteiger charge is 2.18. The zero-order valence-corrected chi connectivity index (χ0v) is 23.6. The number of carbonyl (C=O) groups is 2. The minimum Gasteiger partial charge on any atom is -0.489 e. The van der Waals surface area contributed by atoms with Crippen LogP contribution < -0.4 is 9.47 Å². The number of hydrogen-bond acceptors (Lipinski definition) is 10. The van der Waals surface area contributed by atoms with Gasteiger partial charge in [-0.1, -0.05) is 37.4 Å². The van der Waals surface area contributed by atoms with Crippen LogP contribution in [-0.2, 0) is 28.5 Å². The number of ether oxygens (including phenoxy) is 6. The highest BCUT2D eigenvalue weighted by atomic mass is 32.2. The van der Waals surface area contributed by atoms with E-state index in [0.717, 1.165) is 34.4 Å². The molecule has 0 N–H and O–H groups in total. The summed E-state index contributed by atoms with van der Waals surface area (Å²) in [4.78, 5) is 23.5. The molecule has 0 aromatic heterocycles. The molecule has 38 heavy (non-hydrogen) atoms. The fourth-order valence-corrected chi connectivity index (χ4v) is 3.80. The van der Waals surface area contributed by atoms with Gasteiger partial charge < -0.3 is 28.4 Å². The Balaban J connectivity index is 2.11. The second kappa shape index (κ2) is 18.6. The molecule has 0 amide bonds. The highest BCUT2D eigenvalue weighted by Crippen LogP contribution is 2.33. The van der Waals surface area contributed by atoms with E-state index in [9.17, 15) is 9.59 Å². The van der Waals surface area contributed by atoms with Gasteiger partial charge in [0.25, 0.3) is 0 Å². The fourth-order valence-electron chi connectivity index (χ4n) is 3.23. The number of rotatable bonds is 20. The lowest BCUT2D eigenvalue weighted by atomic mass is 10.1. The van der Waals surface area contributed by atoms with E-state index < -0.39 is 24.1 Å². The monoisotopic (exact) mass is 564 g/mol. The van der Waals surface area contributed by atoms with Gasteiger partial charge in [-0.15, -0.1) is 0 Å². The van der Waals surface area contributed by atoms with Gasteiger partial charge in [0.05, 0.1) is 26.4 Å². The van der Waals surface area contributed by atoms with Crippen molar-refractivity contribution < 1.29 is 38.0 Å². The molecule has 0 aliphatic rings. The molecule has 2 unspecified atom stereocenters. The summed E-state index contributed by atoms with van der Waals surface area (Å²) < 4.78 is 34.1. The number of thioether (sulfide) groups is 2. The van der Waals surface area contributed by atoms with Crippen LogP contribution >= 0.6 is 23.5 Å². The average molecular weight is 565 g/mol. The molecule has 2 aromatic rings. The van der Waals surface area contributed by atoms with Gasteiger partial charge in [0, 0.05) is 34.4 Å². The van der Waals surface area contributed by atoms with E-state index in [1.54, 1.807) is 35.7 Å². The fraction of sp³-hybridized carbons (Fsp3) is 0.429. The Hall–Kier alpha value is -2.66. The minimum absolute atomic E-state index is 0.107. The van der Waals surface area contributed by atoms with E-state index in [-0.39, 0.29) is 26.4 Å². The molecule has 0 heterocycles. The topological polar surface area (TPSA) is 89.5 Å². The van der Waals surface area contributed by atoms with E-state index in [0.29, 0.717) is 24.7 Å². The normalized spacial score (nSPS) is 12.4. The first kappa shape index (κ1) is 31.6. The molecule has 10 heteroatoms. The summed E-state index contributed by atoms with van der Waals surface area (Å²) in [5.41, 5.74) is 0. The second-order valence-electron chi connectivity index (χ2n) is 7.89. The number of hydrogen-bond donors (Lipinski definition) is 0. The van der Waals surface area contributed by atoms with Gasteiger partial charge in [-0.2, -0.15) is 23.5 Å². The summed E-state index contributed by atoms with van der Waals surface area (Å²) in [5, 5.41) is 1.64. The van der Waals surface area contributed by atoms with Crippen molar-refractivity contribution in [2.75, 3.05) is 63.7 Å². The molecule has 0 radical (unpaired) electrons. The molecule has 8 nitrogen and oxygen atoms in total. The molecule has 0 aliphatic heterocycles. The first-order valence-electron chi connectivity index (χ1n) is 12.1. The Labute approximate surface area is 233 Å². The maximum Gasteiger partial charge on any atom is 0.330 e. The summed E-state index contributed by atoms with van der Waals surface area (Å²) in [5.74, 6) is 1.81. The molecule has 0 fully saturated rings. The largest absolute Gasteiger partial charge is 0.489 e. The van der Waals surface area contributed by atoms with Crippen molar-refractivity contribution in [2.24, 2.45) is 0 Å². The van der Waals surface area contributed by atoms with Crippen molar-refractivity contribution in [2.45, 2.75) is 12.2 Å². The van der Waals surface area contributed by atoms with Crippen molar-refractivity contribution in [3.8, 4) is 11.5 Å². The zero-order valence-electron chi connectivity index (χ0n) is 21.9. The summed E-state index contributed by atoms with van der Waals surface area (Å²) in [6.45, 7) is 8.63.